The second-order valence-corrected chi connectivity index (χ2v) is 5.53. The van der Waals surface area contributed by atoms with E-state index in [9.17, 15) is 19.7 Å². The van der Waals surface area contributed by atoms with E-state index in [0.717, 1.165) is 5.56 Å². The molecule has 132 valence electrons. The van der Waals surface area contributed by atoms with E-state index < -0.39 is 16.6 Å². The van der Waals surface area contributed by atoms with Gasteiger partial charge in [0.15, 0.2) is 5.78 Å². The Hall–Kier alpha value is -3.54. The Bertz CT molecular complexity index is 870. The number of Topliss-reactive ketones (excluding diaryl/α,β-unsaturated/α-hetero) is 1. The molecule has 1 amide bonds. The summed E-state index contributed by atoms with van der Waals surface area (Å²) in [5.74, 6) is -0.987. The third kappa shape index (κ3) is 5.52. The molecular weight excluding hydrogens is 332 g/mol. The van der Waals surface area contributed by atoms with Gasteiger partial charge >= 0.3 is 0 Å². The van der Waals surface area contributed by atoms with Gasteiger partial charge in [-0.3, -0.25) is 19.7 Å². The molecule has 0 unspecified atom stereocenters. The monoisotopic (exact) mass is 350 g/mol. The van der Waals surface area contributed by atoms with Gasteiger partial charge in [-0.15, -0.1) is 0 Å². The lowest BCUT2D eigenvalue weighted by molar-refractivity contribution is -0.384. The predicted molar refractivity (Wildman–Crippen MR) is 99.2 cm³/mol. The number of nitro groups is 1. The van der Waals surface area contributed by atoms with Crippen molar-refractivity contribution < 1.29 is 14.5 Å². The van der Waals surface area contributed by atoms with E-state index in [1.165, 1.54) is 37.4 Å². The second kappa shape index (κ2) is 9.08. The number of ketones is 1. The van der Waals surface area contributed by atoms with E-state index >= 15 is 0 Å². The third-order valence-corrected chi connectivity index (χ3v) is 3.54. The summed E-state index contributed by atoms with van der Waals surface area (Å²) in [5.41, 5.74) is 1.32. The van der Waals surface area contributed by atoms with Gasteiger partial charge in [-0.2, -0.15) is 0 Å². The van der Waals surface area contributed by atoms with E-state index in [-0.39, 0.29) is 11.3 Å². The highest BCUT2D eigenvalue weighted by molar-refractivity contribution is 6.21. The van der Waals surface area contributed by atoms with Crippen LogP contribution in [0.5, 0.6) is 0 Å². The molecule has 0 atom stereocenters. The summed E-state index contributed by atoms with van der Waals surface area (Å²) in [6.45, 7) is 1.27. The minimum Gasteiger partial charge on any atom is -0.329 e. The highest BCUT2D eigenvalue weighted by Crippen LogP contribution is 2.16. The molecule has 0 aliphatic carbocycles. The summed E-state index contributed by atoms with van der Waals surface area (Å²) in [6.07, 6.45) is 5.25. The van der Waals surface area contributed by atoms with Crippen molar-refractivity contribution in [2.75, 3.05) is 0 Å². The number of hydrogen-bond acceptors (Lipinski definition) is 4. The number of hydrogen-bond donors (Lipinski definition) is 1. The number of benzene rings is 2. The smallest absolute Gasteiger partial charge is 0.270 e. The molecule has 0 aliphatic heterocycles. The van der Waals surface area contributed by atoms with Crippen LogP contribution >= 0.6 is 0 Å². The Balaban J connectivity index is 2.08. The predicted octanol–water partition coefficient (Wildman–Crippen LogP) is 3.44. The summed E-state index contributed by atoms with van der Waals surface area (Å²) in [7, 11) is 0. The van der Waals surface area contributed by atoms with Crippen LogP contribution in [0.15, 0.2) is 72.4 Å². The molecule has 0 heterocycles. The molecular formula is C20H18N2O4. The van der Waals surface area contributed by atoms with Crippen LogP contribution in [0.4, 0.5) is 5.69 Å². The van der Waals surface area contributed by atoms with Crippen LogP contribution < -0.4 is 5.32 Å². The van der Waals surface area contributed by atoms with Gasteiger partial charge in [-0.25, -0.2) is 0 Å². The molecule has 0 aliphatic rings. The van der Waals surface area contributed by atoms with Gasteiger partial charge in [-0.05, 0) is 30.5 Å². The summed E-state index contributed by atoms with van der Waals surface area (Å²) < 4.78 is 0. The van der Waals surface area contributed by atoms with Gasteiger partial charge in [0.2, 0.25) is 0 Å². The Kier molecular flexibility index (Phi) is 6.56. The van der Waals surface area contributed by atoms with Crippen LogP contribution in [0.1, 0.15) is 18.1 Å². The Morgan fingerprint density at radius 3 is 2.50 bits per heavy atom. The normalized spacial score (nSPS) is 11.3. The Morgan fingerprint density at radius 1 is 1.12 bits per heavy atom. The van der Waals surface area contributed by atoms with Gasteiger partial charge in [0.25, 0.3) is 11.6 Å². The maximum Gasteiger partial charge on any atom is 0.270 e. The molecule has 0 fully saturated rings. The number of nitrogens with one attached hydrogen (secondary N) is 1. The average Bonchev–Trinajstić information content (AvgIpc) is 2.64. The first-order valence-electron chi connectivity index (χ1n) is 7.94. The second-order valence-electron chi connectivity index (χ2n) is 5.53. The van der Waals surface area contributed by atoms with Gasteiger partial charge in [0, 0.05) is 18.3 Å². The molecule has 0 bridgehead atoms. The molecule has 2 aromatic carbocycles. The quantitative estimate of drug-likeness (QED) is 0.272. The summed E-state index contributed by atoms with van der Waals surface area (Å²) in [4.78, 5) is 34.3. The molecule has 0 saturated heterocycles. The molecule has 2 aromatic rings. The van der Waals surface area contributed by atoms with E-state index in [1.54, 1.807) is 12.1 Å². The topological polar surface area (TPSA) is 89.3 Å². The summed E-state index contributed by atoms with van der Waals surface area (Å²) >= 11 is 0. The fraction of sp³-hybridized carbons (Fsp3) is 0.100. The van der Waals surface area contributed by atoms with Gasteiger partial charge in [0.05, 0.1) is 10.5 Å². The lowest BCUT2D eigenvalue weighted by Crippen LogP contribution is -2.23. The van der Waals surface area contributed by atoms with E-state index in [0.29, 0.717) is 12.0 Å². The molecule has 26 heavy (non-hydrogen) atoms. The number of amides is 1. The Morgan fingerprint density at radius 2 is 1.85 bits per heavy atom. The number of carbonyl (C=O) groups is 2. The van der Waals surface area contributed by atoms with E-state index in [1.807, 2.05) is 30.3 Å². The minimum atomic E-state index is -0.562. The van der Waals surface area contributed by atoms with Crippen LogP contribution in [0, 0.1) is 10.1 Å². The molecule has 0 radical (unpaired) electrons. The minimum absolute atomic E-state index is 0.0742. The van der Waals surface area contributed by atoms with Crippen molar-refractivity contribution in [3.8, 4) is 0 Å². The molecule has 1 N–H and O–H groups in total. The molecule has 6 heteroatoms. The SMILES string of the molecule is CC(=O)C(=Cc1cccc([N+](=O)[O-])c1)C(=O)NC=CCc1ccccc1. The van der Waals surface area contributed by atoms with Crippen molar-refractivity contribution in [1.82, 2.24) is 5.32 Å². The fourth-order valence-corrected chi connectivity index (χ4v) is 2.24. The molecule has 0 spiro atoms. The lowest BCUT2D eigenvalue weighted by atomic mass is 10.1. The van der Waals surface area contributed by atoms with Crippen molar-refractivity contribution >= 4 is 23.5 Å². The van der Waals surface area contributed by atoms with Crippen LogP contribution in [-0.2, 0) is 16.0 Å². The van der Waals surface area contributed by atoms with Crippen LogP contribution in [0.2, 0.25) is 0 Å². The molecule has 6 nitrogen and oxygen atoms in total. The van der Waals surface area contributed by atoms with Gasteiger partial charge < -0.3 is 5.32 Å². The number of non-ortho nitro benzene ring substituents is 1. The summed E-state index contributed by atoms with van der Waals surface area (Å²) in [6, 6.07) is 15.5. The highest BCUT2D eigenvalue weighted by Gasteiger charge is 2.14. The van der Waals surface area contributed by atoms with Crippen LogP contribution in [-0.4, -0.2) is 16.6 Å². The lowest BCUT2D eigenvalue weighted by Gasteiger charge is -2.03. The van der Waals surface area contributed by atoms with Crippen molar-refractivity contribution in [2.24, 2.45) is 0 Å². The number of rotatable bonds is 7. The maximum absolute atomic E-state index is 12.2. The highest BCUT2D eigenvalue weighted by atomic mass is 16.6. The Labute approximate surface area is 151 Å². The van der Waals surface area contributed by atoms with Crippen LogP contribution in [0.3, 0.4) is 0 Å². The number of carbonyl (C=O) groups excluding carboxylic acids is 2. The first-order chi connectivity index (χ1) is 12.5. The van der Waals surface area contributed by atoms with Crippen molar-refractivity contribution in [1.29, 1.82) is 0 Å². The molecule has 0 aromatic heterocycles. The largest absolute Gasteiger partial charge is 0.329 e. The zero-order valence-corrected chi connectivity index (χ0v) is 14.2. The average molecular weight is 350 g/mol. The first kappa shape index (κ1) is 18.8. The van der Waals surface area contributed by atoms with Crippen molar-refractivity contribution in [3.05, 3.63) is 93.7 Å². The van der Waals surface area contributed by atoms with E-state index in [2.05, 4.69) is 5.32 Å². The number of nitro benzene ring substituents is 1. The van der Waals surface area contributed by atoms with Gasteiger partial charge in [-0.1, -0.05) is 48.5 Å². The van der Waals surface area contributed by atoms with Crippen LogP contribution in [0.25, 0.3) is 6.08 Å². The maximum atomic E-state index is 12.2. The molecule has 2 rings (SSSR count). The number of nitrogens with zero attached hydrogens (tertiary/aromatic N) is 1. The molecule has 0 saturated carbocycles. The standard InChI is InChI=1S/C20H18N2O4/c1-15(23)19(14-17-9-5-11-18(13-17)22(25)26)20(24)21-12-6-10-16-7-3-2-4-8-16/h2-9,11-14H,10H2,1H3,(H,21,24). The zero-order valence-electron chi connectivity index (χ0n) is 14.2. The first-order valence-corrected chi connectivity index (χ1v) is 7.94. The third-order valence-electron chi connectivity index (χ3n) is 3.54. The van der Waals surface area contributed by atoms with Gasteiger partial charge in [0.1, 0.15) is 0 Å². The zero-order chi connectivity index (χ0) is 18.9. The fourth-order valence-electron chi connectivity index (χ4n) is 2.24. The van der Waals surface area contributed by atoms with Crippen molar-refractivity contribution in [3.63, 3.8) is 0 Å². The summed E-state index contributed by atoms with van der Waals surface area (Å²) in [5, 5.41) is 13.4. The van der Waals surface area contributed by atoms with Crippen molar-refractivity contribution in [2.45, 2.75) is 13.3 Å². The number of allylic oxidation sites excluding steroid dienone is 1. The van der Waals surface area contributed by atoms with E-state index in [4.69, 9.17) is 0 Å².